The minimum atomic E-state index is -0.854. The first-order valence-electron chi connectivity index (χ1n) is 3.98. The summed E-state index contributed by atoms with van der Waals surface area (Å²) in [7, 11) is 0. The number of nitrogens with one attached hydrogen (secondary N) is 1. The fraction of sp³-hybridized carbons (Fsp3) is 0.111. The van der Waals surface area contributed by atoms with Crippen LogP contribution in [-0.4, -0.2) is 4.98 Å². The van der Waals surface area contributed by atoms with Gasteiger partial charge in [0.1, 0.15) is 11.0 Å². The van der Waals surface area contributed by atoms with E-state index < -0.39 is 6.04 Å². The molecule has 2 rings (SSSR count). The summed E-state index contributed by atoms with van der Waals surface area (Å²) in [5.41, 5.74) is 2.49. The van der Waals surface area contributed by atoms with Crippen molar-refractivity contribution in [3.63, 3.8) is 0 Å². The minimum Gasteiger partial charge on any atom is -0.787 e. The summed E-state index contributed by atoms with van der Waals surface area (Å²) >= 11 is 1.36. The van der Waals surface area contributed by atoms with E-state index in [2.05, 4.69) is 4.98 Å². The molecule has 0 spiro atoms. The van der Waals surface area contributed by atoms with Gasteiger partial charge in [0.25, 0.3) is 0 Å². The molecule has 2 aromatic rings. The van der Waals surface area contributed by atoms with Gasteiger partial charge in [-0.05, 0) is 12.1 Å². The van der Waals surface area contributed by atoms with Crippen LogP contribution in [0.25, 0.3) is 10.2 Å². The van der Waals surface area contributed by atoms with Crippen LogP contribution in [0, 0.1) is 16.5 Å². The molecule has 70 valence electrons. The zero-order chi connectivity index (χ0) is 9.97. The molecule has 0 aliphatic rings. The van der Waals surface area contributed by atoms with Crippen molar-refractivity contribution >= 4 is 21.6 Å². The molecule has 1 N–H and O–H groups in total. The number of para-hydroxylation sites is 1. The van der Waals surface area contributed by atoms with Crippen LogP contribution < -0.4 is 5.48 Å². The van der Waals surface area contributed by atoms with E-state index in [1.165, 1.54) is 11.3 Å². The van der Waals surface area contributed by atoms with Crippen LogP contribution in [0.5, 0.6) is 0 Å². The van der Waals surface area contributed by atoms with Gasteiger partial charge in [-0.25, -0.2) is 4.98 Å². The van der Waals surface area contributed by atoms with Crippen molar-refractivity contribution in [1.29, 1.82) is 5.26 Å². The minimum absolute atomic E-state index is 0.517. The number of nitriles is 1. The molecule has 0 amide bonds. The Morgan fingerprint density at radius 3 is 2.93 bits per heavy atom. The third-order valence-electron chi connectivity index (χ3n) is 1.80. The van der Waals surface area contributed by atoms with Gasteiger partial charge < -0.3 is 10.7 Å². The van der Waals surface area contributed by atoms with Crippen LogP contribution in [0.4, 0.5) is 0 Å². The van der Waals surface area contributed by atoms with E-state index in [0.29, 0.717) is 5.01 Å². The van der Waals surface area contributed by atoms with Gasteiger partial charge in [-0.1, -0.05) is 12.1 Å². The molecule has 0 saturated carbocycles. The van der Waals surface area contributed by atoms with Gasteiger partial charge in [0.05, 0.1) is 16.3 Å². The Morgan fingerprint density at radius 1 is 1.50 bits per heavy atom. The van der Waals surface area contributed by atoms with E-state index in [1.54, 1.807) is 5.48 Å². The Kier molecular flexibility index (Phi) is 2.41. The molecule has 0 saturated heterocycles. The normalized spacial score (nSPS) is 12.6. The lowest BCUT2D eigenvalue weighted by Gasteiger charge is -2.10. The molecule has 0 aliphatic carbocycles. The number of hydroxylamine groups is 1. The van der Waals surface area contributed by atoms with Crippen molar-refractivity contribution in [1.82, 2.24) is 10.5 Å². The average molecular weight is 204 g/mol. The maximum absolute atomic E-state index is 10.4. The highest BCUT2D eigenvalue weighted by Crippen LogP contribution is 2.25. The second kappa shape index (κ2) is 3.72. The lowest BCUT2D eigenvalue weighted by atomic mass is 10.3. The maximum Gasteiger partial charge on any atom is 0.137 e. The lowest BCUT2D eigenvalue weighted by molar-refractivity contribution is 0.767. The Hall–Kier alpha value is -1.48. The predicted octanol–water partition coefficient (Wildman–Crippen LogP) is 1.95. The summed E-state index contributed by atoms with van der Waals surface area (Å²) in [5, 5.41) is 19.6. The summed E-state index contributed by atoms with van der Waals surface area (Å²) in [6, 6.07) is 8.54. The molecule has 4 nitrogen and oxygen atoms in total. The van der Waals surface area contributed by atoms with Crippen LogP contribution in [0.15, 0.2) is 24.3 Å². The van der Waals surface area contributed by atoms with Crippen molar-refractivity contribution in [3.05, 3.63) is 34.5 Å². The monoisotopic (exact) mass is 204 g/mol. The van der Waals surface area contributed by atoms with E-state index in [4.69, 9.17) is 5.26 Å². The van der Waals surface area contributed by atoms with Crippen molar-refractivity contribution in [3.8, 4) is 6.07 Å². The maximum atomic E-state index is 10.4. The molecule has 0 radical (unpaired) electrons. The lowest BCUT2D eigenvalue weighted by Crippen LogP contribution is -2.11. The summed E-state index contributed by atoms with van der Waals surface area (Å²) in [6.45, 7) is 0. The van der Waals surface area contributed by atoms with E-state index >= 15 is 0 Å². The third-order valence-corrected chi connectivity index (χ3v) is 2.91. The van der Waals surface area contributed by atoms with E-state index in [9.17, 15) is 5.21 Å². The number of aromatic nitrogens is 1. The molecule has 0 fully saturated rings. The predicted molar refractivity (Wildman–Crippen MR) is 54.5 cm³/mol. The topological polar surface area (TPSA) is 71.8 Å². The molecule has 1 aromatic carbocycles. The molecule has 1 heterocycles. The first-order chi connectivity index (χ1) is 6.85. The van der Waals surface area contributed by atoms with Crippen LogP contribution >= 0.6 is 11.3 Å². The molecule has 1 aromatic heterocycles. The highest BCUT2D eigenvalue weighted by Gasteiger charge is 2.10. The van der Waals surface area contributed by atoms with Crippen LogP contribution in [0.3, 0.4) is 0 Å². The Labute approximate surface area is 84.4 Å². The number of hydrogen-bond donors (Lipinski definition) is 1. The molecule has 0 bridgehead atoms. The van der Waals surface area contributed by atoms with Gasteiger partial charge in [0.2, 0.25) is 0 Å². The largest absolute Gasteiger partial charge is 0.787 e. The molecule has 14 heavy (non-hydrogen) atoms. The molecular formula is C9H6N3OS-. The van der Waals surface area contributed by atoms with Crippen LogP contribution in [0.2, 0.25) is 0 Å². The highest BCUT2D eigenvalue weighted by atomic mass is 32.1. The van der Waals surface area contributed by atoms with Gasteiger partial charge in [0, 0.05) is 0 Å². The quantitative estimate of drug-likeness (QED) is 0.759. The number of benzene rings is 1. The van der Waals surface area contributed by atoms with Crippen LogP contribution in [0.1, 0.15) is 11.0 Å². The van der Waals surface area contributed by atoms with Crippen LogP contribution in [-0.2, 0) is 0 Å². The number of fused-ring (bicyclic) bond motifs is 1. The number of rotatable bonds is 2. The smallest absolute Gasteiger partial charge is 0.137 e. The molecule has 1 unspecified atom stereocenters. The standard InChI is InChI=1S/C9H6N3OS/c10-5-7(12-13)9-11-6-3-1-2-4-8(6)14-9/h1-4,7,12H/q-1. The van der Waals surface area contributed by atoms with Gasteiger partial charge in [-0.15, -0.1) is 11.3 Å². The van der Waals surface area contributed by atoms with Crippen molar-refractivity contribution < 1.29 is 0 Å². The third kappa shape index (κ3) is 1.46. The fourth-order valence-electron chi connectivity index (χ4n) is 1.15. The summed E-state index contributed by atoms with van der Waals surface area (Å²) in [4.78, 5) is 4.19. The molecule has 5 heteroatoms. The number of nitrogens with zero attached hydrogens (tertiary/aromatic N) is 2. The average Bonchev–Trinajstić information content (AvgIpc) is 2.63. The molecular weight excluding hydrogens is 198 g/mol. The zero-order valence-corrected chi connectivity index (χ0v) is 7.91. The van der Waals surface area contributed by atoms with Gasteiger partial charge in [0.15, 0.2) is 0 Å². The van der Waals surface area contributed by atoms with Gasteiger partial charge >= 0.3 is 0 Å². The van der Waals surface area contributed by atoms with E-state index in [1.807, 2.05) is 30.3 Å². The number of thiazole rings is 1. The second-order valence-electron chi connectivity index (χ2n) is 2.70. The van der Waals surface area contributed by atoms with Crippen molar-refractivity contribution in [2.45, 2.75) is 6.04 Å². The highest BCUT2D eigenvalue weighted by molar-refractivity contribution is 7.18. The molecule has 0 aliphatic heterocycles. The van der Waals surface area contributed by atoms with Crippen molar-refractivity contribution in [2.24, 2.45) is 0 Å². The summed E-state index contributed by atoms with van der Waals surface area (Å²) in [5.74, 6) is 0. The summed E-state index contributed by atoms with van der Waals surface area (Å²) < 4.78 is 0.984. The SMILES string of the molecule is N#CC(N[O-])c1nc2ccccc2s1. The number of hydrogen-bond acceptors (Lipinski definition) is 5. The van der Waals surface area contributed by atoms with E-state index in [-0.39, 0.29) is 0 Å². The zero-order valence-electron chi connectivity index (χ0n) is 7.10. The van der Waals surface area contributed by atoms with Crippen molar-refractivity contribution in [2.75, 3.05) is 0 Å². The van der Waals surface area contributed by atoms with Gasteiger partial charge in [-0.2, -0.15) is 5.26 Å². The Bertz CT molecular complexity index is 455. The first kappa shape index (κ1) is 9.09. The fourth-order valence-corrected chi connectivity index (χ4v) is 2.10. The Morgan fingerprint density at radius 2 is 2.29 bits per heavy atom. The Balaban J connectivity index is 2.50. The van der Waals surface area contributed by atoms with Gasteiger partial charge in [-0.3, -0.25) is 0 Å². The second-order valence-corrected chi connectivity index (χ2v) is 3.76. The summed E-state index contributed by atoms with van der Waals surface area (Å²) in [6.07, 6.45) is 0. The first-order valence-corrected chi connectivity index (χ1v) is 4.79. The van der Waals surface area contributed by atoms with E-state index in [0.717, 1.165) is 10.2 Å². The molecule has 1 atom stereocenters.